The maximum absolute atomic E-state index is 12.2. The Morgan fingerprint density at radius 2 is 1.89 bits per heavy atom. The Balaban J connectivity index is 1.55. The molecule has 2 atom stereocenters. The number of carbonyl (C=O) groups excluding carboxylic acids is 1. The van der Waals surface area contributed by atoms with Crippen molar-refractivity contribution in [3.05, 3.63) is 65.7 Å². The minimum Gasteiger partial charge on any atom is -0.497 e. The van der Waals surface area contributed by atoms with E-state index in [1.807, 2.05) is 37.3 Å². The number of hydrogen-bond acceptors (Lipinski definition) is 3. The van der Waals surface area contributed by atoms with Crippen molar-refractivity contribution in [1.29, 1.82) is 0 Å². The number of carbonyl (C=O) groups is 1. The normalized spacial score (nSPS) is 18.1. The van der Waals surface area contributed by atoms with Crippen molar-refractivity contribution in [2.75, 3.05) is 25.1 Å². The first-order valence-electron chi connectivity index (χ1n) is 10.0. The van der Waals surface area contributed by atoms with Crippen molar-refractivity contribution >= 4 is 17.7 Å². The molecule has 4 heteroatoms. The molecule has 0 spiro atoms. The van der Waals surface area contributed by atoms with E-state index in [9.17, 15) is 4.79 Å². The molecule has 0 saturated carbocycles. The van der Waals surface area contributed by atoms with Crippen LogP contribution in [0.2, 0.25) is 0 Å². The van der Waals surface area contributed by atoms with Crippen LogP contribution in [0.25, 0.3) is 6.08 Å². The van der Waals surface area contributed by atoms with Gasteiger partial charge in [-0.25, -0.2) is 0 Å². The second kappa shape index (κ2) is 9.45. The highest BCUT2D eigenvalue weighted by Crippen LogP contribution is 2.24. The van der Waals surface area contributed by atoms with Crippen molar-refractivity contribution in [1.82, 2.24) is 5.32 Å². The Morgan fingerprint density at radius 1 is 1.18 bits per heavy atom. The number of rotatable bonds is 6. The molecule has 1 N–H and O–H groups in total. The fourth-order valence-corrected chi connectivity index (χ4v) is 3.63. The summed E-state index contributed by atoms with van der Waals surface area (Å²) in [6.07, 6.45) is 5.96. The monoisotopic (exact) mass is 378 g/mol. The molecule has 1 amide bonds. The van der Waals surface area contributed by atoms with Crippen molar-refractivity contribution in [3.8, 4) is 5.75 Å². The van der Waals surface area contributed by atoms with Crippen molar-refractivity contribution in [3.63, 3.8) is 0 Å². The maximum atomic E-state index is 12.2. The van der Waals surface area contributed by atoms with Gasteiger partial charge in [0.05, 0.1) is 13.2 Å². The van der Waals surface area contributed by atoms with Crippen LogP contribution in [0.3, 0.4) is 0 Å². The molecule has 2 aromatic carbocycles. The first-order chi connectivity index (χ1) is 13.5. The number of anilines is 1. The Kier molecular flexibility index (Phi) is 6.75. The van der Waals surface area contributed by atoms with Gasteiger partial charge in [-0.2, -0.15) is 0 Å². The molecule has 1 heterocycles. The van der Waals surface area contributed by atoms with Crippen molar-refractivity contribution < 1.29 is 9.53 Å². The molecule has 1 saturated heterocycles. The summed E-state index contributed by atoms with van der Waals surface area (Å²) in [5, 5.41) is 3.03. The fraction of sp³-hybridized carbons (Fsp3) is 0.375. The predicted octanol–water partition coefficient (Wildman–Crippen LogP) is 4.82. The molecule has 1 fully saturated rings. The van der Waals surface area contributed by atoms with Crippen LogP contribution in [0, 0.1) is 5.92 Å². The van der Waals surface area contributed by atoms with Gasteiger partial charge in [-0.15, -0.1) is 0 Å². The van der Waals surface area contributed by atoms with Crippen molar-refractivity contribution in [2.45, 2.75) is 32.7 Å². The molecule has 148 valence electrons. The highest BCUT2D eigenvalue weighted by Gasteiger charge is 2.17. The third kappa shape index (κ3) is 5.38. The van der Waals surface area contributed by atoms with Gasteiger partial charge < -0.3 is 15.0 Å². The molecule has 3 rings (SSSR count). The smallest absolute Gasteiger partial charge is 0.244 e. The SMILES string of the molecule is COc1ccc(/C=C/C(=O)N[C@H](C)c2ccc(N3CCC[C@@H](C)C3)cc2)cc1. The summed E-state index contributed by atoms with van der Waals surface area (Å²) in [6, 6.07) is 16.1. The van der Waals surface area contributed by atoms with Crippen LogP contribution in [0.15, 0.2) is 54.6 Å². The molecule has 0 aliphatic carbocycles. The Labute approximate surface area is 168 Å². The highest BCUT2D eigenvalue weighted by molar-refractivity contribution is 5.92. The summed E-state index contributed by atoms with van der Waals surface area (Å²) in [5.74, 6) is 1.46. The first kappa shape index (κ1) is 20.0. The van der Waals surface area contributed by atoms with Crippen LogP contribution in [-0.4, -0.2) is 26.1 Å². The quantitative estimate of drug-likeness (QED) is 0.733. The molecule has 0 aromatic heterocycles. The largest absolute Gasteiger partial charge is 0.497 e. The molecule has 0 bridgehead atoms. The zero-order valence-electron chi connectivity index (χ0n) is 17.0. The standard InChI is InChI=1S/C24H30N2O2/c1-18-5-4-16-26(17-18)22-11-9-21(10-12-22)19(2)25-24(27)15-8-20-6-13-23(28-3)14-7-20/h6-15,18-19H,4-5,16-17H2,1-3H3,(H,25,27)/b15-8+/t18-,19-/m1/s1. The average Bonchev–Trinajstić information content (AvgIpc) is 2.72. The molecule has 0 radical (unpaired) electrons. The molecule has 0 unspecified atom stereocenters. The van der Waals surface area contributed by atoms with E-state index in [1.165, 1.54) is 18.5 Å². The van der Waals surface area contributed by atoms with Gasteiger partial charge in [0.1, 0.15) is 5.75 Å². The topological polar surface area (TPSA) is 41.6 Å². The molecule has 1 aliphatic heterocycles. The summed E-state index contributed by atoms with van der Waals surface area (Å²) in [7, 11) is 1.64. The number of amides is 1. The lowest BCUT2D eigenvalue weighted by atomic mass is 9.99. The Morgan fingerprint density at radius 3 is 2.54 bits per heavy atom. The van der Waals surface area contributed by atoms with Gasteiger partial charge in [-0.1, -0.05) is 31.2 Å². The predicted molar refractivity (Wildman–Crippen MR) is 116 cm³/mol. The number of piperidine rings is 1. The van der Waals surface area contributed by atoms with E-state index < -0.39 is 0 Å². The van der Waals surface area contributed by atoms with Gasteiger partial charge in [0.25, 0.3) is 0 Å². The summed E-state index contributed by atoms with van der Waals surface area (Å²) >= 11 is 0. The molecule has 28 heavy (non-hydrogen) atoms. The first-order valence-corrected chi connectivity index (χ1v) is 10.0. The molecule has 4 nitrogen and oxygen atoms in total. The molecule has 2 aromatic rings. The van der Waals surface area contributed by atoms with E-state index in [4.69, 9.17) is 4.74 Å². The lowest BCUT2D eigenvalue weighted by molar-refractivity contribution is -0.117. The summed E-state index contributed by atoms with van der Waals surface area (Å²) in [5.41, 5.74) is 3.34. The molecule has 1 aliphatic rings. The highest BCUT2D eigenvalue weighted by atomic mass is 16.5. The van der Waals surface area contributed by atoms with E-state index in [0.717, 1.165) is 35.9 Å². The van der Waals surface area contributed by atoms with Gasteiger partial charge in [0, 0.05) is 24.9 Å². The van der Waals surface area contributed by atoms with E-state index in [2.05, 4.69) is 41.4 Å². The fourth-order valence-electron chi connectivity index (χ4n) is 3.63. The van der Waals surface area contributed by atoms with Crippen LogP contribution in [0.5, 0.6) is 5.75 Å². The van der Waals surface area contributed by atoms with E-state index in [0.29, 0.717) is 0 Å². The summed E-state index contributed by atoms with van der Waals surface area (Å²) in [6.45, 7) is 6.59. The second-order valence-corrected chi connectivity index (χ2v) is 7.62. The van der Waals surface area contributed by atoms with Gasteiger partial charge in [0.15, 0.2) is 0 Å². The zero-order chi connectivity index (χ0) is 19.9. The minimum atomic E-state index is -0.0998. The maximum Gasteiger partial charge on any atom is 0.244 e. The van der Waals surface area contributed by atoms with Crippen LogP contribution >= 0.6 is 0 Å². The van der Waals surface area contributed by atoms with Crippen molar-refractivity contribution in [2.24, 2.45) is 5.92 Å². The van der Waals surface area contributed by atoms with Crippen LogP contribution in [0.4, 0.5) is 5.69 Å². The average molecular weight is 379 g/mol. The number of nitrogens with one attached hydrogen (secondary N) is 1. The third-order valence-electron chi connectivity index (χ3n) is 5.32. The van der Waals surface area contributed by atoms with Gasteiger partial charge in [0.2, 0.25) is 5.91 Å². The second-order valence-electron chi connectivity index (χ2n) is 7.62. The van der Waals surface area contributed by atoms with Crippen LogP contribution in [0.1, 0.15) is 43.9 Å². The number of hydrogen-bond donors (Lipinski definition) is 1. The Hall–Kier alpha value is -2.75. The minimum absolute atomic E-state index is 0.0395. The Bertz CT molecular complexity index is 796. The van der Waals surface area contributed by atoms with E-state index in [1.54, 1.807) is 13.2 Å². The van der Waals surface area contributed by atoms with Crippen LogP contribution < -0.4 is 15.0 Å². The number of methoxy groups -OCH3 is 1. The lowest BCUT2D eigenvalue weighted by Gasteiger charge is -2.33. The molecular weight excluding hydrogens is 348 g/mol. The number of ether oxygens (including phenoxy) is 1. The number of benzene rings is 2. The van der Waals surface area contributed by atoms with Gasteiger partial charge in [-0.05, 0) is 67.2 Å². The summed E-state index contributed by atoms with van der Waals surface area (Å²) < 4.78 is 5.14. The number of nitrogens with zero attached hydrogens (tertiary/aromatic N) is 1. The van der Waals surface area contributed by atoms with Gasteiger partial charge in [-0.3, -0.25) is 4.79 Å². The van der Waals surface area contributed by atoms with E-state index >= 15 is 0 Å². The molecular formula is C24H30N2O2. The summed E-state index contributed by atoms with van der Waals surface area (Å²) in [4.78, 5) is 14.7. The van der Waals surface area contributed by atoms with Crippen LogP contribution in [-0.2, 0) is 4.79 Å². The lowest BCUT2D eigenvalue weighted by Crippen LogP contribution is -2.34. The van der Waals surface area contributed by atoms with E-state index in [-0.39, 0.29) is 11.9 Å². The van der Waals surface area contributed by atoms with Gasteiger partial charge >= 0.3 is 0 Å². The third-order valence-corrected chi connectivity index (χ3v) is 5.32. The zero-order valence-corrected chi connectivity index (χ0v) is 17.0.